The minimum atomic E-state index is -0.463. The average molecular weight is 337 g/mol. The molecule has 1 atom stereocenters. The van der Waals surface area contributed by atoms with Crippen molar-refractivity contribution in [1.29, 1.82) is 0 Å². The molecular weight excluding hydrogens is 314 g/mol. The van der Waals surface area contributed by atoms with Gasteiger partial charge in [-0.1, -0.05) is 12.8 Å². The molecule has 6 nitrogen and oxygen atoms in total. The molecule has 23 heavy (non-hydrogen) atoms. The first-order chi connectivity index (χ1) is 11.0. The molecule has 7 heteroatoms. The van der Waals surface area contributed by atoms with Gasteiger partial charge in [0, 0.05) is 34.8 Å². The van der Waals surface area contributed by atoms with E-state index in [1.165, 1.54) is 9.78 Å². The Bertz CT molecular complexity index is 593. The Morgan fingerprint density at radius 1 is 1.48 bits per heavy atom. The van der Waals surface area contributed by atoms with Gasteiger partial charge >= 0.3 is 12.1 Å². The van der Waals surface area contributed by atoms with E-state index in [4.69, 9.17) is 0 Å². The first kappa shape index (κ1) is 16.3. The molecule has 1 aromatic rings. The van der Waals surface area contributed by atoms with Crippen LogP contribution in [0.2, 0.25) is 0 Å². The van der Waals surface area contributed by atoms with Gasteiger partial charge in [-0.2, -0.15) is 0 Å². The van der Waals surface area contributed by atoms with Gasteiger partial charge in [-0.15, -0.1) is 11.3 Å². The number of amides is 4. The highest BCUT2D eigenvalue weighted by Gasteiger charge is 2.38. The maximum absolute atomic E-state index is 12.2. The smallest absolute Gasteiger partial charge is 0.325 e. The van der Waals surface area contributed by atoms with Crippen molar-refractivity contribution >= 4 is 23.4 Å². The van der Waals surface area contributed by atoms with Gasteiger partial charge in [0.05, 0.1) is 6.10 Å². The third-order valence-corrected chi connectivity index (χ3v) is 6.30. The van der Waals surface area contributed by atoms with Gasteiger partial charge in [-0.3, -0.25) is 0 Å². The third kappa shape index (κ3) is 3.21. The molecule has 2 heterocycles. The van der Waals surface area contributed by atoms with Crippen molar-refractivity contribution in [3.8, 4) is 0 Å². The summed E-state index contributed by atoms with van der Waals surface area (Å²) in [5.74, 6) is 0. The Hall–Kier alpha value is -1.60. The van der Waals surface area contributed by atoms with Crippen LogP contribution in [0, 0.1) is 0 Å². The molecule has 3 rings (SSSR count). The van der Waals surface area contributed by atoms with Crippen molar-refractivity contribution in [3.05, 3.63) is 21.9 Å². The number of carbonyl (C=O) groups is 2. The van der Waals surface area contributed by atoms with Crippen molar-refractivity contribution in [2.45, 2.75) is 44.1 Å². The highest BCUT2D eigenvalue weighted by Crippen LogP contribution is 2.44. The van der Waals surface area contributed by atoms with Crippen LogP contribution >= 0.6 is 11.3 Å². The first-order valence-corrected chi connectivity index (χ1v) is 8.95. The zero-order valence-electron chi connectivity index (χ0n) is 13.3. The number of imide groups is 1. The van der Waals surface area contributed by atoms with Crippen molar-refractivity contribution in [3.63, 3.8) is 0 Å². The molecule has 0 spiro atoms. The van der Waals surface area contributed by atoms with E-state index in [2.05, 4.69) is 16.7 Å². The quantitative estimate of drug-likeness (QED) is 0.789. The Balaban J connectivity index is 1.71. The lowest BCUT2D eigenvalue weighted by molar-refractivity contribution is 0.196. The van der Waals surface area contributed by atoms with E-state index in [9.17, 15) is 14.7 Å². The van der Waals surface area contributed by atoms with Crippen molar-refractivity contribution < 1.29 is 14.7 Å². The standard InChI is InChI=1S/C16H23N3O3S/c1-11(20)12-4-5-13(23-12)16(6-2-3-7-16)10-18-15(22)19-9-8-17-14(19)21/h4-5,11,20H,2-3,6-10H2,1H3,(H,17,21)(H,18,22)/t11-/m1/s1. The van der Waals surface area contributed by atoms with Crippen LogP contribution in [0.25, 0.3) is 0 Å². The molecule has 126 valence electrons. The molecule has 1 aliphatic heterocycles. The minimum absolute atomic E-state index is 0.0658. The molecule has 1 aromatic heterocycles. The summed E-state index contributed by atoms with van der Waals surface area (Å²) in [6, 6.07) is 3.40. The second-order valence-corrected chi connectivity index (χ2v) is 7.52. The molecule has 1 saturated carbocycles. The van der Waals surface area contributed by atoms with E-state index in [0.717, 1.165) is 30.6 Å². The second-order valence-electron chi connectivity index (χ2n) is 6.41. The molecule has 0 bridgehead atoms. The zero-order valence-corrected chi connectivity index (χ0v) is 14.1. The Morgan fingerprint density at radius 3 is 2.78 bits per heavy atom. The second kappa shape index (κ2) is 6.49. The number of aliphatic hydroxyl groups excluding tert-OH is 1. The number of rotatable bonds is 4. The number of hydrogen-bond donors (Lipinski definition) is 3. The van der Waals surface area contributed by atoms with Crippen molar-refractivity contribution in [2.75, 3.05) is 19.6 Å². The van der Waals surface area contributed by atoms with Crippen LogP contribution in [0.15, 0.2) is 12.1 Å². The van der Waals surface area contributed by atoms with E-state index in [-0.39, 0.29) is 17.5 Å². The van der Waals surface area contributed by atoms with Crippen molar-refractivity contribution in [2.24, 2.45) is 0 Å². The molecule has 0 radical (unpaired) electrons. The zero-order chi connectivity index (χ0) is 16.4. The number of carbonyl (C=O) groups excluding carboxylic acids is 2. The largest absolute Gasteiger partial charge is 0.388 e. The van der Waals surface area contributed by atoms with Gasteiger partial charge in [-0.05, 0) is 31.9 Å². The van der Waals surface area contributed by atoms with Crippen molar-refractivity contribution in [1.82, 2.24) is 15.5 Å². The van der Waals surface area contributed by atoms with E-state index in [0.29, 0.717) is 19.6 Å². The van der Waals surface area contributed by atoms with Gasteiger partial charge in [-0.25, -0.2) is 14.5 Å². The summed E-state index contributed by atoms with van der Waals surface area (Å²) in [4.78, 5) is 27.2. The summed E-state index contributed by atoms with van der Waals surface area (Å²) in [5, 5.41) is 15.3. The van der Waals surface area contributed by atoms with E-state index < -0.39 is 6.10 Å². The Kier molecular flexibility index (Phi) is 4.59. The predicted molar refractivity (Wildman–Crippen MR) is 88.6 cm³/mol. The van der Waals surface area contributed by atoms with Gasteiger partial charge in [0.15, 0.2) is 0 Å². The fraction of sp³-hybridized carbons (Fsp3) is 0.625. The molecule has 4 amide bonds. The first-order valence-electron chi connectivity index (χ1n) is 8.13. The highest BCUT2D eigenvalue weighted by atomic mass is 32.1. The van der Waals surface area contributed by atoms with Crippen LogP contribution in [0.4, 0.5) is 9.59 Å². The fourth-order valence-electron chi connectivity index (χ4n) is 3.43. The van der Waals surface area contributed by atoms with E-state index >= 15 is 0 Å². The average Bonchev–Trinajstić information content (AvgIpc) is 3.25. The summed E-state index contributed by atoms with van der Waals surface area (Å²) in [6.07, 6.45) is 3.87. The summed E-state index contributed by atoms with van der Waals surface area (Å²) in [6.45, 7) is 3.24. The minimum Gasteiger partial charge on any atom is -0.388 e. The molecular formula is C16H23N3O3S. The van der Waals surface area contributed by atoms with Gasteiger partial charge < -0.3 is 15.7 Å². The summed E-state index contributed by atoms with van der Waals surface area (Å²) in [7, 11) is 0. The number of thiophene rings is 1. The Labute approximate surface area is 139 Å². The maximum atomic E-state index is 12.2. The number of aliphatic hydroxyl groups is 1. The van der Waals surface area contributed by atoms with Gasteiger partial charge in [0.1, 0.15) is 0 Å². The number of hydrogen-bond acceptors (Lipinski definition) is 4. The molecule has 0 aromatic carbocycles. The number of nitrogens with zero attached hydrogens (tertiary/aromatic N) is 1. The lowest BCUT2D eigenvalue weighted by atomic mass is 9.84. The molecule has 2 fully saturated rings. The summed E-state index contributed by atoms with van der Waals surface area (Å²) >= 11 is 1.63. The van der Waals surface area contributed by atoms with Crippen LogP contribution in [0.3, 0.4) is 0 Å². The lowest BCUT2D eigenvalue weighted by Gasteiger charge is -2.29. The fourth-order valence-corrected chi connectivity index (χ4v) is 4.62. The summed E-state index contributed by atoms with van der Waals surface area (Å²) in [5.41, 5.74) is -0.0658. The third-order valence-electron chi connectivity index (χ3n) is 4.80. The molecule has 1 aliphatic carbocycles. The van der Waals surface area contributed by atoms with Gasteiger partial charge in [0.25, 0.3) is 0 Å². The maximum Gasteiger partial charge on any atom is 0.325 e. The van der Waals surface area contributed by atoms with E-state index in [1.54, 1.807) is 18.3 Å². The predicted octanol–water partition coefficient (Wildman–Crippen LogP) is 2.35. The monoisotopic (exact) mass is 337 g/mol. The molecule has 1 saturated heterocycles. The molecule has 2 aliphatic rings. The van der Waals surface area contributed by atoms with Crippen LogP contribution in [0.1, 0.15) is 48.5 Å². The number of urea groups is 2. The van der Waals surface area contributed by atoms with E-state index in [1.807, 2.05) is 6.07 Å². The lowest BCUT2D eigenvalue weighted by Crippen LogP contribution is -2.46. The van der Waals surface area contributed by atoms with Crippen LogP contribution < -0.4 is 10.6 Å². The molecule has 0 unspecified atom stereocenters. The SMILES string of the molecule is C[C@@H](O)c1ccc(C2(CNC(=O)N3CCNC3=O)CCCC2)s1. The van der Waals surface area contributed by atoms with Crippen LogP contribution in [-0.2, 0) is 5.41 Å². The summed E-state index contributed by atoms with van der Waals surface area (Å²) < 4.78 is 0. The Morgan fingerprint density at radius 2 is 2.22 bits per heavy atom. The molecule has 3 N–H and O–H groups in total. The van der Waals surface area contributed by atoms with Crippen LogP contribution in [0.5, 0.6) is 0 Å². The normalized spacial score (nSPS) is 21.3. The van der Waals surface area contributed by atoms with Gasteiger partial charge in [0.2, 0.25) is 0 Å². The highest BCUT2D eigenvalue weighted by molar-refractivity contribution is 7.12. The van der Waals surface area contributed by atoms with Crippen LogP contribution in [-0.4, -0.2) is 41.7 Å². The topological polar surface area (TPSA) is 81.7 Å². The number of nitrogens with one attached hydrogen (secondary N) is 2.